The van der Waals surface area contributed by atoms with Gasteiger partial charge in [0.15, 0.2) is 5.78 Å². The summed E-state index contributed by atoms with van der Waals surface area (Å²) in [6.45, 7) is 1.37. The molecule has 0 atom stereocenters. The SMILES string of the molecule is CC(=O)c1cc([N+](=O)[O-])sc1Br. The van der Waals surface area contributed by atoms with E-state index in [4.69, 9.17) is 0 Å². The molecular weight excluding hydrogens is 246 g/mol. The molecule has 0 fully saturated rings. The summed E-state index contributed by atoms with van der Waals surface area (Å²) in [4.78, 5) is 20.6. The number of nitrogens with zero attached hydrogens (tertiary/aromatic N) is 1. The second kappa shape index (κ2) is 3.32. The fraction of sp³-hybridized carbons (Fsp3) is 0.167. The van der Waals surface area contributed by atoms with Crippen LogP contribution < -0.4 is 0 Å². The lowest BCUT2D eigenvalue weighted by Crippen LogP contribution is -1.88. The number of halogens is 1. The molecule has 4 nitrogen and oxygen atoms in total. The number of hydrogen-bond donors (Lipinski definition) is 0. The molecule has 0 spiro atoms. The van der Waals surface area contributed by atoms with Crippen molar-refractivity contribution in [1.29, 1.82) is 0 Å². The molecule has 0 bridgehead atoms. The minimum atomic E-state index is -0.512. The number of nitro groups is 1. The molecule has 0 amide bonds. The van der Waals surface area contributed by atoms with Crippen LogP contribution in [0.5, 0.6) is 0 Å². The van der Waals surface area contributed by atoms with Crippen LogP contribution in [0.15, 0.2) is 9.85 Å². The molecule has 0 aliphatic heterocycles. The lowest BCUT2D eigenvalue weighted by Gasteiger charge is -1.85. The van der Waals surface area contributed by atoms with E-state index in [9.17, 15) is 14.9 Å². The van der Waals surface area contributed by atoms with Crippen molar-refractivity contribution in [2.45, 2.75) is 6.92 Å². The Balaban J connectivity index is 3.17. The monoisotopic (exact) mass is 249 g/mol. The molecule has 0 aliphatic carbocycles. The van der Waals surface area contributed by atoms with Crippen molar-refractivity contribution < 1.29 is 9.72 Å². The fourth-order valence-electron chi connectivity index (χ4n) is 0.686. The van der Waals surface area contributed by atoms with Gasteiger partial charge in [-0.2, -0.15) is 0 Å². The van der Waals surface area contributed by atoms with Gasteiger partial charge in [0.05, 0.1) is 8.71 Å². The summed E-state index contributed by atoms with van der Waals surface area (Å²) in [7, 11) is 0. The van der Waals surface area contributed by atoms with E-state index >= 15 is 0 Å². The summed E-state index contributed by atoms with van der Waals surface area (Å²) >= 11 is 4.03. The first-order valence-electron chi connectivity index (χ1n) is 2.97. The standard InChI is InChI=1S/C6H4BrNO3S/c1-3(9)4-2-5(8(10)11)12-6(4)7/h2H,1H3. The van der Waals surface area contributed by atoms with Gasteiger partial charge in [-0.25, -0.2) is 0 Å². The van der Waals surface area contributed by atoms with Crippen LogP contribution >= 0.6 is 27.3 Å². The first-order chi connectivity index (χ1) is 5.52. The molecule has 0 aromatic carbocycles. The van der Waals surface area contributed by atoms with Crippen molar-refractivity contribution in [2.75, 3.05) is 0 Å². The van der Waals surface area contributed by atoms with Crippen molar-refractivity contribution in [3.8, 4) is 0 Å². The first kappa shape index (κ1) is 9.34. The average Bonchev–Trinajstić information content (AvgIpc) is 2.30. The number of carbonyl (C=O) groups excluding carboxylic acids is 1. The van der Waals surface area contributed by atoms with Crippen molar-refractivity contribution in [1.82, 2.24) is 0 Å². The van der Waals surface area contributed by atoms with Crippen LogP contribution in [0.1, 0.15) is 17.3 Å². The van der Waals surface area contributed by atoms with Crippen LogP contribution in [-0.4, -0.2) is 10.7 Å². The predicted molar refractivity (Wildman–Crippen MR) is 48.7 cm³/mol. The smallest absolute Gasteiger partial charge is 0.294 e. The van der Waals surface area contributed by atoms with Gasteiger partial charge in [0.1, 0.15) is 0 Å². The van der Waals surface area contributed by atoms with Crippen molar-refractivity contribution in [2.24, 2.45) is 0 Å². The van der Waals surface area contributed by atoms with E-state index < -0.39 is 4.92 Å². The maximum Gasteiger partial charge on any atom is 0.325 e. The van der Waals surface area contributed by atoms with Crippen LogP contribution in [0.25, 0.3) is 0 Å². The van der Waals surface area contributed by atoms with E-state index in [-0.39, 0.29) is 10.8 Å². The van der Waals surface area contributed by atoms with E-state index in [2.05, 4.69) is 15.9 Å². The number of ketones is 1. The van der Waals surface area contributed by atoms with E-state index in [1.165, 1.54) is 13.0 Å². The zero-order valence-corrected chi connectivity index (χ0v) is 8.44. The summed E-state index contributed by atoms with van der Waals surface area (Å²) in [5, 5.41) is 10.3. The van der Waals surface area contributed by atoms with Gasteiger partial charge in [-0.15, -0.1) is 0 Å². The van der Waals surface area contributed by atoms with Crippen LogP contribution in [0, 0.1) is 10.1 Å². The molecule has 1 rings (SSSR count). The Morgan fingerprint density at radius 2 is 2.33 bits per heavy atom. The second-order valence-electron chi connectivity index (χ2n) is 2.09. The molecule has 0 saturated heterocycles. The van der Waals surface area contributed by atoms with Crippen LogP contribution in [0.4, 0.5) is 5.00 Å². The molecule has 0 unspecified atom stereocenters. The van der Waals surface area contributed by atoms with Crippen molar-refractivity contribution in [3.05, 3.63) is 25.5 Å². The summed E-state index contributed by atoms with van der Waals surface area (Å²) in [6.07, 6.45) is 0. The molecule has 0 saturated carbocycles. The quantitative estimate of drug-likeness (QED) is 0.460. The van der Waals surface area contributed by atoms with Crippen LogP contribution in [0.3, 0.4) is 0 Å². The largest absolute Gasteiger partial charge is 0.325 e. The third-order valence-corrected chi connectivity index (χ3v) is 3.02. The van der Waals surface area contributed by atoms with E-state index in [0.717, 1.165) is 11.3 Å². The molecule has 0 radical (unpaired) electrons. The Morgan fingerprint density at radius 1 is 1.75 bits per heavy atom. The van der Waals surface area contributed by atoms with Crippen LogP contribution in [0.2, 0.25) is 0 Å². The molecule has 12 heavy (non-hydrogen) atoms. The predicted octanol–water partition coefficient (Wildman–Crippen LogP) is 2.62. The van der Waals surface area contributed by atoms with Crippen LogP contribution in [-0.2, 0) is 0 Å². The Morgan fingerprint density at radius 3 is 2.58 bits per heavy atom. The summed E-state index contributed by atoms with van der Waals surface area (Å²) in [5.74, 6) is -0.175. The third-order valence-electron chi connectivity index (χ3n) is 1.23. The topological polar surface area (TPSA) is 60.2 Å². The Hall–Kier alpha value is -0.750. The molecule has 1 aromatic rings. The molecule has 64 valence electrons. The number of hydrogen-bond acceptors (Lipinski definition) is 4. The van der Waals surface area contributed by atoms with E-state index in [1.807, 2.05) is 0 Å². The zero-order chi connectivity index (χ0) is 9.30. The Labute approximate surface area is 80.5 Å². The lowest BCUT2D eigenvalue weighted by atomic mass is 10.2. The number of rotatable bonds is 2. The van der Waals surface area contributed by atoms with Gasteiger partial charge < -0.3 is 0 Å². The summed E-state index contributed by atoms with van der Waals surface area (Å²) in [5.41, 5.74) is 0.367. The normalized spacial score (nSPS) is 9.83. The number of Topliss-reactive ketones (excluding diaryl/α,β-unsaturated/α-hetero) is 1. The zero-order valence-electron chi connectivity index (χ0n) is 6.04. The highest BCUT2D eigenvalue weighted by Gasteiger charge is 2.17. The summed E-state index contributed by atoms with van der Waals surface area (Å²) in [6, 6.07) is 1.27. The number of thiophene rings is 1. The van der Waals surface area contributed by atoms with Gasteiger partial charge in [0, 0.05) is 11.6 Å². The van der Waals surface area contributed by atoms with E-state index in [0.29, 0.717) is 9.35 Å². The Bertz CT molecular complexity index is 347. The Kier molecular flexibility index (Phi) is 2.58. The minimum absolute atomic E-state index is 0.0212. The van der Waals surface area contributed by atoms with E-state index in [1.54, 1.807) is 0 Å². The van der Waals surface area contributed by atoms with Gasteiger partial charge in [-0.1, -0.05) is 11.3 Å². The van der Waals surface area contributed by atoms with Gasteiger partial charge >= 0.3 is 5.00 Å². The fourth-order valence-corrected chi connectivity index (χ4v) is 2.33. The van der Waals surface area contributed by atoms with Crippen molar-refractivity contribution >= 4 is 38.1 Å². The second-order valence-corrected chi connectivity index (χ2v) is 4.43. The molecule has 1 heterocycles. The van der Waals surface area contributed by atoms with Crippen molar-refractivity contribution in [3.63, 3.8) is 0 Å². The average molecular weight is 250 g/mol. The highest BCUT2D eigenvalue weighted by Crippen LogP contribution is 2.33. The molecule has 1 aromatic heterocycles. The summed E-state index contributed by atoms with van der Waals surface area (Å²) < 4.78 is 0.515. The molecule has 0 aliphatic rings. The molecule has 0 N–H and O–H groups in total. The molecule has 6 heteroatoms. The highest BCUT2D eigenvalue weighted by atomic mass is 79.9. The minimum Gasteiger partial charge on any atom is -0.294 e. The number of carbonyl (C=O) groups is 1. The van der Waals surface area contributed by atoms with Gasteiger partial charge in [-0.05, 0) is 22.9 Å². The van der Waals surface area contributed by atoms with Gasteiger partial charge in [0.2, 0.25) is 0 Å². The first-order valence-corrected chi connectivity index (χ1v) is 4.58. The molecular formula is C6H4BrNO3S. The lowest BCUT2D eigenvalue weighted by molar-refractivity contribution is -0.380. The van der Waals surface area contributed by atoms with Gasteiger partial charge in [-0.3, -0.25) is 14.9 Å². The maximum atomic E-state index is 10.9. The highest BCUT2D eigenvalue weighted by molar-refractivity contribution is 9.11. The third kappa shape index (κ3) is 1.70. The maximum absolute atomic E-state index is 10.9. The van der Waals surface area contributed by atoms with Gasteiger partial charge in [0.25, 0.3) is 0 Å².